The Bertz CT molecular complexity index is 932. The predicted molar refractivity (Wildman–Crippen MR) is 105 cm³/mol. The quantitative estimate of drug-likeness (QED) is 0.769. The highest BCUT2D eigenvalue weighted by Gasteiger charge is 2.27. The molecule has 26 heavy (non-hydrogen) atoms. The lowest BCUT2D eigenvalue weighted by molar-refractivity contribution is 0.203. The van der Waals surface area contributed by atoms with Crippen molar-refractivity contribution in [3.8, 4) is 11.4 Å². The molecular weight excluding hydrogens is 344 g/mol. The van der Waals surface area contributed by atoms with Crippen molar-refractivity contribution in [1.82, 2.24) is 15.0 Å². The van der Waals surface area contributed by atoms with E-state index in [9.17, 15) is 5.11 Å². The van der Waals surface area contributed by atoms with Gasteiger partial charge in [0.15, 0.2) is 5.82 Å². The molecule has 1 N–H and O–H groups in total. The number of nitrogens with zero attached hydrogens (tertiary/aromatic N) is 4. The van der Waals surface area contributed by atoms with Crippen molar-refractivity contribution in [1.29, 1.82) is 0 Å². The molecule has 4 heterocycles. The molecule has 0 unspecified atom stereocenters. The van der Waals surface area contributed by atoms with Crippen LogP contribution >= 0.6 is 11.3 Å². The molecule has 0 saturated carbocycles. The SMILES string of the molecule is OCC1CCN(c2nc(-c3cccnc3)nc3sc4c(c23)CCC4)CC1. The maximum atomic E-state index is 9.46. The Morgan fingerprint density at radius 2 is 2.08 bits per heavy atom. The highest BCUT2D eigenvalue weighted by molar-refractivity contribution is 7.19. The summed E-state index contributed by atoms with van der Waals surface area (Å²) in [6.07, 6.45) is 9.22. The van der Waals surface area contributed by atoms with Gasteiger partial charge in [-0.15, -0.1) is 11.3 Å². The number of rotatable bonds is 3. The first-order chi connectivity index (χ1) is 12.8. The number of piperidine rings is 1. The van der Waals surface area contributed by atoms with Crippen molar-refractivity contribution in [2.75, 3.05) is 24.6 Å². The molecule has 5 rings (SSSR count). The molecule has 0 amide bonds. The molecule has 0 atom stereocenters. The molecule has 3 aromatic rings. The first-order valence-electron chi connectivity index (χ1n) is 9.42. The van der Waals surface area contributed by atoms with Gasteiger partial charge in [0, 0.05) is 42.5 Å². The number of aromatic nitrogens is 3. The number of fused-ring (bicyclic) bond motifs is 3. The minimum absolute atomic E-state index is 0.293. The van der Waals surface area contributed by atoms with Crippen molar-refractivity contribution in [2.45, 2.75) is 32.1 Å². The Hall–Kier alpha value is -2.05. The van der Waals surface area contributed by atoms with Gasteiger partial charge >= 0.3 is 0 Å². The number of thiophene rings is 1. The molecule has 1 aliphatic heterocycles. The van der Waals surface area contributed by atoms with E-state index in [1.807, 2.05) is 29.7 Å². The fraction of sp³-hybridized carbons (Fsp3) is 0.450. The Morgan fingerprint density at radius 3 is 2.85 bits per heavy atom. The molecule has 5 nitrogen and oxygen atoms in total. The summed E-state index contributed by atoms with van der Waals surface area (Å²) in [5.41, 5.74) is 2.44. The third kappa shape index (κ3) is 2.68. The van der Waals surface area contributed by atoms with Crippen LogP contribution in [0.2, 0.25) is 0 Å². The second-order valence-electron chi connectivity index (χ2n) is 7.26. The smallest absolute Gasteiger partial charge is 0.164 e. The van der Waals surface area contributed by atoms with Crippen molar-refractivity contribution >= 4 is 27.4 Å². The lowest BCUT2D eigenvalue weighted by Crippen LogP contribution is -2.35. The number of aryl methyl sites for hydroxylation is 2. The molecule has 3 aromatic heterocycles. The van der Waals surface area contributed by atoms with Crippen LogP contribution in [0.5, 0.6) is 0 Å². The van der Waals surface area contributed by atoms with E-state index in [-0.39, 0.29) is 0 Å². The van der Waals surface area contributed by atoms with Gasteiger partial charge in [0.2, 0.25) is 0 Å². The summed E-state index contributed by atoms with van der Waals surface area (Å²) in [5, 5.41) is 10.7. The van der Waals surface area contributed by atoms with Crippen LogP contribution in [0.4, 0.5) is 5.82 Å². The molecule has 134 valence electrons. The zero-order valence-electron chi connectivity index (χ0n) is 14.7. The third-order valence-electron chi connectivity index (χ3n) is 5.64. The lowest BCUT2D eigenvalue weighted by atomic mass is 9.97. The molecule has 1 saturated heterocycles. The minimum atomic E-state index is 0.293. The van der Waals surface area contributed by atoms with Crippen molar-refractivity contribution in [3.05, 3.63) is 35.0 Å². The number of aliphatic hydroxyl groups excluding tert-OH is 1. The van der Waals surface area contributed by atoms with Crippen LogP contribution < -0.4 is 4.90 Å². The molecule has 0 bridgehead atoms. The summed E-state index contributed by atoms with van der Waals surface area (Å²) >= 11 is 1.84. The lowest BCUT2D eigenvalue weighted by Gasteiger charge is -2.32. The van der Waals surface area contributed by atoms with Gasteiger partial charge in [0.25, 0.3) is 0 Å². The maximum absolute atomic E-state index is 9.46. The molecule has 6 heteroatoms. The first kappa shape index (κ1) is 16.1. The van der Waals surface area contributed by atoms with Crippen molar-refractivity contribution in [3.63, 3.8) is 0 Å². The summed E-state index contributed by atoms with van der Waals surface area (Å²) in [7, 11) is 0. The van der Waals surface area contributed by atoms with Crippen LogP contribution in [0.15, 0.2) is 24.5 Å². The summed E-state index contributed by atoms with van der Waals surface area (Å²) in [6, 6.07) is 3.96. The molecule has 2 aliphatic rings. The van der Waals surface area contributed by atoms with E-state index in [1.165, 1.54) is 28.7 Å². The van der Waals surface area contributed by atoms with Crippen LogP contribution in [0.25, 0.3) is 21.6 Å². The van der Waals surface area contributed by atoms with Gasteiger partial charge in [0.05, 0.1) is 5.39 Å². The maximum Gasteiger partial charge on any atom is 0.164 e. The van der Waals surface area contributed by atoms with E-state index in [1.54, 1.807) is 6.20 Å². The molecule has 0 aromatic carbocycles. The summed E-state index contributed by atoms with van der Waals surface area (Å²) in [5.74, 6) is 2.28. The highest BCUT2D eigenvalue weighted by Crippen LogP contribution is 2.42. The fourth-order valence-electron chi connectivity index (χ4n) is 4.16. The number of aliphatic hydroxyl groups is 1. The van der Waals surface area contributed by atoms with Gasteiger partial charge in [-0.05, 0) is 55.7 Å². The Morgan fingerprint density at radius 1 is 1.19 bits per heavy atom. The normalized spacial score (nSPS) is 17.8. The summed E-state index contributed by atoms with van der Waals surface area (Å²) in [6.45, 7) is 2.20. The van der Waals surface area contributed by atoms with Gasteiger partial charge in [-0.25, -0.2) is 9.97 Å². The van der Waals surface area contributed by atoms with Gasteiger partial charge in [0.1, 0.15) is 10.6 Å². The van der Waals surface area contributed by atoms with Crippen LogP contribution in [-0.4, -0.2) is 39.8 Å². The molecule has 1 fully saturated rings. The Labute approximate surface area is 156 Å². The number of hydrogen-bond acceptors (Lipinski definition) is 6. The molecule has 0 radical (unpaired) electrons. The fourth-order valence-corrected chi connectivity index (χ4v) is 5.41. The van der Waals surface area contributed by atoms with Gasteiger partial charge < -0.3 is 10.0 Å². The Kier molecular flexibility index (Phi) is 4.10. The van der Waals surface area contributed by atoms with Gasteiger partial charge in [-0.1, -0.05) is 0 Å². The van der Waals surface area contributed by atoms with Crippen LogP contribution in [0, 0.1) is 5.92 Å². The topological polar surface area (TPSA) is 62.1 Å². The van der Waals surface area contributed by atoms with Crippen LogP contribution in [0.3, 0.4) is 0 Å². The Balaban J connectivity index is 1.64. The highest BCUT2D eigenvalue weighted by atomic mass is 32.1. The predicted octanol–water partition coefficient (Wildman–Crippen LogP) is 3.45. The molecule has 0 spiro atoms. The van der Waals surface area contributed by atoms with E-state index >= 15 is 0 Å². The van der Waals surface area contributed by atoms with Gasteiger partial charge in [-0.3, -0.25) is 4.98 Å². The third-order valence-corrected chi connectivity index (χ3v) is 6.82. The van der Waals surface area contributed by atoms with Crippen molar-refractivity contribution < 1.29 is 5.11 Å². The van der Waals surface area contributed by atoms with E-state index in [0.717, 1.165) is 54.4 Å². The van der Waals surface area contributed by atoms with E-state index in [0.29, 0.717) is 12.5 Å². The molecule has 1 aliphatic carbocycles. The van der Waals surface area contributed by atoms with Crippen molar-refractivity contribution in [2.24, 2.45) is 5.92 Å². The second kappa shape index (κ2) is 6.59. The monoisotopic (exact) mass is 366 g/mol. The number of hydrogen-bond donors (Lipinski definition) is 1. The zero-order chi connectivity index (χ0) is 17.5. The largest absolute Gasteiger partial charge is 0.396 e. The number of pyridine rings is 1. The van der Waals surface area contributed by atoms with E-state index < -0.39 is 0 Å². The second-order valence-corrected chi connectivity index (χ2v) is 8.35. The van der Waals surface area contributed by atoms with Gasteiger partial charge in [-0.2, -0.15) is 0 Å². The van der Waals surface area contributed by atoms with Crippen LogP contribution in [-0.2, 0) is 12.8 Å². The minimum Gasteiger partial charge on any atom is -0.396 e. The summed E-state index contributed by atoms with van der Waals surface area (Å²) < 4.78 is 0. The summed E-state index contributed by atoms with van der Waals surface area (Å²) in [4.78, 5) is 19.2. The van der Waals surface area contributed by atoms with E-state index in [2.05, 4.69) is 9.88 Å². The first-order valence-corrected chi connectivity index (χ1v) is 10.2. The number of anilines is 1. The van der Waals surface area contributed by atoms with E-state index in [4.69, 9.17) is 9.97 Å². The molecular formula is C20H22N4OS. The van der Waals surface area contributed by atoms with Crippen LogP contribution in [0.1, 0.15) is 29.7 Å². The zero-order valence-corrected chi connectivity index (χ0v) is 15.5. The standard InChI is InChI=1S/C20H22N4OS/c25-12-13-6-9-24(10-7-13)19-17-15-4-1-5-16(15)26-20(17)23-18(22-19)14-3-2-8-21-11-14/h2-3,8,11,13,25H,1,4-7,9-10,12H2. The average Bonchev–Trinajstić information content (AvgIpc) is 3.29. The average molecular weight is 366 g/mol.